The van der Waals surface area contributed by atoms with Gasteiger partial charge in [0.05, 0.1) is 16.7 Å². The number of nitrogens with zero attached hydrogens (tertiary/aromatic N) is 2. The van der Waals surface area contributed by atoms with E-state index in [4.69, 9.17) is 11.6 Å². The normalized spacial score (nSPS) is 10.9. The molecule has 1 heterocycles. The maximum absolute atomic E-state index is 12.8. The summed E-state index contributed by atoms with van der Waals surface area (Å²) < 4.78 is 1.67. The van der Waals surface area contributed by atoms with Crippen molar-refractivity contribution in [1.82, 2.24) is 9.55 Å². The first-order valence-corrected chi connectivity index (χ1v) is 10.1. The van der Waals surface area contributed by atoms with Crippen LogP contribution >= 0.6 is 23.4 Å². The number of rotatable bonds is 7. The highest BCUT2D eigenvalue weighted by molar-refractivity contribution is 7.99. The van der Waals surface area contributed by atoms with Gasteiger partial charge in [0.1, 0.15) is 0 Å². The Bertz CT molecular complexity index is 1020. The number of nitrogens with one attached hydrogen (secondary N) is 1. The Morgan fingerprint density at radius 3 is 2.81 bits per heavy atom. The summed E-state index contributed by atoms with van der Waals surface area (Å²) in [4.78, 5) is 29.7. The summed E-state index contributed by atoms with van der Waals surface area (Å²) in [7, 11) is 0. The van der Waals surface area contributed by atoms with Gasteiger partial charge in [-0.25, -0.2) is 4.98 Å². The Hall–Kier alpha value is -2.31. The molecule has 5 nitrogen and oxygen atoms in total. The number of aromatic nitrogens is 2. The van der Waals surface area contributed by atoms with Gasteiger partial charge >= 0.3 is 0 Å². The molecule has 0 unspecified atom stereocenters. The molecule has 3 aromatic rings. The first-order valence-electron chi connectivity index (χ1n) is 8.76. The summed E-state index contributed by atoms with van der Waals surface area (Å²) in [5.74, 6) is -0.0182. The summed E-state index contributed by atoms with van der Waals surface area (Å²) in [5, 5.41) is 4.53. The van der Waals surface area contributed by atoms with E-state index in [2.05, 4.69) is 17.2 Å². The molecule has 0 aliphatic heterocycles. The van der Waals surface area contributed by atoms with Gasteiger partial charge in [0, 0.05) is 17.3 Å². The van der Waals surface area contributed by atoms with Crippen LogP contribution in [0.1, 0.15) is 19.8 Å². The monoisotopic (exact) mass is 401 g/mol. The minimum Gasteiger partial charge on any atom is -0.325 e. The quantitative estimate of drug-likeness (QED) is 0.465. The van der Waals surface area contributed by atoms with Gasteiger partial charge < -0.3 is 5.32 Å². The molecule has 0 fully saturated rings. The van der Waals surface area contributed by atoms with E-state index >= 15 is 0 Å². The molecule has 0 aliphatic carbocycles. The zero-order chi connectivity index (χ0) is 19.2. The first-order chi connectivity index (χ1) is 13.1. The van der Waals surface area contributed by atoms with Gasteiger partial charge in [-0.3, -0.25) is 14.2 Å². The van der Waals surface area contributed by atoms with Gasteiger partial charge in [0.15, 0.2) is 5.16 Å². The number of para-hydroxylation sites is 1. The molecule has 3 rings (SSSR count). The van der Waals surface area contributed by atoms with E-state index in [1.807, 2.05) is 18.2 Å². The third kappa shape index (κ3) is 4.90. The van der Waals surface area contributed by atoms with Crippen LogP contribution in [0.3, 0.4) is 0 Å². The van der Waals surface area contributed by atoms with E-state index in [9.17, 15) is 9.59 Å². The van der Waals surface area contributed by atoms with Crippen molar-refractivity contribution < 1.29 is 4.79 Å². The number of halogens is 1. The van der Waals surface area contributed by atoms with Crippen LogP contribution in [0.25, 0.3) is 10.9 Å². The Morgan fingerprint density at radius 1 is 1.22 bits per heavy atom. The fourth-order valence-electron chi connectivity index (χ4n) is 2.66. The Labute approximate surface area is 166 Å². The number of amides is 1. The van der Waals surface area contributed by atoms with Crippen molar-refractivity contribution in [2.24, 2.45) is 0 Å². The highest BCUT2D eigenvalue weighted by Gasteiger charge is 2.13. The molecular formula is C20H20ClN3O2S. The standard InChI is InChI=1S/C20H20ClN3O2S/c1-2-3-11-24-19(26)16-9-4-5-10-17(16)23-20(24)27-13-18(25)22-15-8-6-7-14(21)12-15/h4-10,12H,2-3,11,13H2,1H3,(H,22,25). The predicted octanol–water partition coefficient (Wildman–Crippen LogP) is 4.58. The van der Waals surface area contributed by atoms with Crippen LogP contribution < -0.4 is 10.9 Å². The maximum atomic E-state index is 12.8. The minimum atomic E-state index is -0.174. The van der Waals surface area contributed by atoms with Crippen molar-refractivity contribution in [3.63, 3.8) is 0 Å². The SMILES string of the molecule is CCCCn1c(SCC(=O)Nc2cccc(Cl)c2)nc2ccccc2c1=O. The van der Waals surface area contributed by atoms with Crippen molar-refractivity contribution >= 4 is 45.9 Å². The smallest absolute Gasteiger partial charge is 0.262 e. The van der Waals surface area contributed by atoms with Gasteiger partial charge in [0.25, 0.3) is 5.56 Å². The summed E-state index contributed by atoms with van der Waals surface area (Å²) in [5.41, 5.74) is 1.22. The number of anilines is 1. The number of benzene rings is 2. The van der Waals surface area contributed by atoms with Crippen LogP contribution in [0.2, 0.25) is 5.02 Å². The number of fused-ring (bicyclic) bond motifs is 1. The van der Waals surface area contributed by atoms with Crippen LogP contribution in [0.5, 0.6) is 0 Å². The molecular weight excluding hydrogens is 382 g/mol. The van der Waals surface area contributed by atoms with Gasteiger partial charge in [-0.1, -0.05) is 54.9 Å². The van der Waals surface area contributed by atoms with Crippen molar-refractivity contribution in [2.75, 3.05) is 11.1 Å². The molecule has 0 radical (unpaired) electrons. The topological polar surface area (TPSA) is 64.0 Å². The molecule has 27 heavy (non-hydrogen) atoms. The van der Waals surface area contributed by atoms with E-state index in [1.165, 1.54) is 11.8 Å². The molecule has 0 atom stereocenters. The molecule has 1 aromatic heterocycles. The Balaban J connectivity index is 1.80. The highest BCUT2D eigenvalue weighted by Crippen LogP contribution is 2.20. The van der Waals surface area contributed by atoms with E-state index in [-0.39, 0.29) is 17.2 Å². The lowest BCUT2D eigenvalue weighted by molar-refractivity contribution is -0.113. The van der Waals surface area contributed by atoms with Gasteiger partial charge in [-0.05, 0) is 36.8 Å². The van der Waals surface area contributed by atoms with Crippen LogP contribution in [-0.4, -0.2) is 21.2 Å². The van der Waals surface area contributed by atoms with Crippen LogP contribution in [-0.2, 0) is 11.3 Å². The second-order valence-electron chi connectivity index (χ2n) is 6.07. The molecule has 0 saturated carbocycles. The number of thioether (sulfide) groups is 1. The molecule has 0 spiro atoms. The zero-order valence-electron chi connectivity index (χ0n) is 14.9. The van der Waals surface area contributed by atoms with Crippen molar-refractivity contribution in [1.29, 1.82) is 0 Å². The average molecular weight is 402 g/mol. The Morgan fingerprint density at radius 2 is 2.04 bits per heavy atom. The summed E-state index contributed by atoms with van der Waals surface area (Å²) >= 11 is 7.20. The Kier molecular flexibility index (Phi) is 6.53. The summed E-state index contributed by atoms with van der Waals surface area (Å²) in [6, 6.07) is 14.3. The summed E-state index contributed by atoms with van der Waals surface area (Å²) in [6.45, 7) is 2.66. The maximum Gasteiger partial charge on any atom is 0.262 e. The van der Waals surface area contributed by atoms with Crippen LogP contribution in [0.15, 0.2) is 58.5 Å². The highest BCUT2D eigenvalue weighted by atomic mass is 35.5. The molecule has 2 aromatic carbocycles. The lowest BCUT2D eigenvalue weighted by Gasteiger charge is -2.12. The molecule has 0 saturated heterocycles. The summed E-state index contributed by atoms with van der Waals surface area (Å²) in [6.07, 6.45) is 1.85. The average Bonchev–Trinajstić information content (AvgIpc) is 2.66. The number of hydrogen-bond donors (Lipinski definition) is 1. The molecule has 1 amide bonds. The van der Waals surface area contributed by atoms with Crippen LogP contribution in [0.4, 0.5) is 5.69 Å². The lowest BCUT2D eigenvalue weighted by Crippen LogP contribution is -2.24. The van der Waals surface area contributed by atoms with Gasteiger partial charge in [-0.15, -0.1) is 0 Å². The third-order valence-electron chi connectivity index (χ3n) is 4.00. The molecule has 0 aliphatic rings. The second kappa shape index (κ2) is 9.06. The predicted molar refractivity (Wildman–Crippen MR) is 112 cm³/mol. The molecule has 140 valence electrons. The van der Waals surface area contributed by atoms with Crippen LogP contribution in [0, 0.1) is 0 Å². The fraction of sp³-hybridized carbons (Fsp3) is 0.250. The second-order valence-corrected chi connectivity index (χ2v) is 7.45. The lowest BCUT2D eigenvalue weighted by atomic mass is 10.2. The third-order valence-corrected chi connectivity index (χ3v) is 5.21. The minimum absolute atomic E-state index is 0.0631. The van der Waals surface area contributed by atoms with Gasteiger partial charge in [0.2, 0.25) is 5.91 Å². The molecule has 7 heteroatoms. The van der Waals surface area contributed by atoms with Gasteiger partial charge in [-0.2, -0.15) is 0 Å². The van der Waals surface area contributed by atoms with Crippen molar-refractivity contribution in [3.8, 4) is 0 Å². The molecule has 1 N–H and O–H groups in total. The molecule has 0 bridgehead atoms. The number of carbonyl (C=O) groups is 1. The van der Waals surface area contributed by atoms with E-state index in [1.54, 1.807) is 34.9 Å². The number of unbranched alkanes of at least 4 members (excludes halogenated alkanes) is 1. The number of hydrogen-bond acceptors (Lipinski definition) is 4. The zero-order valence-corrected chi connectivity index (χ0v) is 16.5. The van der Waals surface area contributed by atoms with E-state index in [0.717, 1.165) is 12.8 Å². The van der Waals surface area contributed by atoms with E-state index in [0.29, 0.717) is 33.3 Å². The number of carbonyl (C=O) groups excluding carboxylic acids is 1. The van der Waals surface area contributed by atoms with Crippen molar-refractivity contribution in [3.05, 3.63) is 63.9 Å². The van der Waals surface area contributed by atoms with Crippen molar-refractivity contribution in [2.45, 2.75) is 31.5 Å². The first kappa shape index (κ1) is 19.5. The fourth-order valence-corrected chi connectivity index (χ4v) is 3.68. The largest absolute Gasteiger partial charge is 0.325 e. The van der Waals surface area contributed by atoms with E-state index < -0.39 is 0 Å².